The molecule has 2 aliphatic rings. The Morgan fingerprint density at radius 3 is 2.74 bits per heavy atom. The van der Waals surface area contributed by atoms with Crippen molar-refractivity contribution in [3.05, 3.63) is 45.8 Å². The number of carbonyl (C=O) groups is 1. The van der Waals surface area contributed by atoms with Crippen molar-refractivity contribution in [3.63, 3.8) is 0 Å². The van der Waals surface area contributed by atoms with Crippen LogP contribution in [0.25, 0.3) is 0 Å². The Kier molecular flexibility index (Phi) is 6.00. The van der Waals surface area contributed by atoms with Crippen LogP contribution in [-0.4, -0.2) is 47.6 Å². The van der Waals surface area contributed by atoms with E-state index in [4.69, 9.17) is 16.3 Å². The van der Waals surface area contributed by atoms with E-state index in [2.05, 4.69) is 36.9 Å². The maximum atomic E-state index is 11.3. The Balaban J connectivity index is 1.87. The summed E-state index contributed by atoms with van der Waals surface area (Å²) >= 11 is 5.89. The molecule has 0 atom stereocenters. The zero-order valence-corrected chi connectivity index (χ0v) is 16.9. The van der Waals surface area contributed by atoms with Crippen molar-refractivity contribution in [1.29, 1.82) is 0 Å². The summed E-state index contributed by atoms with van der Waals surface area (Å²) in [5.41, 5.74) is 3.99. The lowest BCUT2D eigenvalue weighted by Crippen LogP contribution is -2.32. The van der Waals surface area contributed by atoms with E-state index in [0.29, 0.717) is 24.7 Å². The third kappa shape index (κ3) is 4.08. The molecule has 0 radical (unpaired) electrons. The van der Waals surface area contributed by atoms with E-state index in [-0.39, 0.29) is 16.3 Å². The van der Waals surface area contributed by atoms with Crippen LogP contribution < -0.4 is 4.74 Å². The Morgan fingerprint density at radius 2 is 2.04 bits per heavy atom. The lowest BCUT2D eigenvalue weighted by molar-refractivity contribution is 0.111. The minimum Gasteiger partial charge on any atom is -0.505 e. The summed E-state index contributed by atoms with van der Waals surface area (Å²) in [6.45, 7) is 5.72. The molecule has 1 aliphatic carbocycles. The number of ether oxygens (including phenoxy) is 1. The number of nitrogens with zero attached hydrogens (tertiary/aromatic N) is 2. The minimum absolute atomic E-state index is 0.101. The van der Waals surface area contributed by atoms with Crippen LogP contribution >= 0.6 is 11.6 Å². The van der Waals surface area contributed by atoms with E-state index in [9.17, 15) is 9.90 Å². The first-order valence-corrected chi connectivity index (χ1v) is 9.79. The second-order valence-electron chi connectivity index (χ2n) is 7.48. The molecule has 0 amide bonds. The molecule has 5 nitrogen and oxygen atoms in total. The van der Waals surface area contributed by atoms with Crippen molar-refractivity contribution in [2.45, 2.75) is 45.6 Å². The van der Waals surface area contributed by atoms with Crippen molar-refractivity contribution in [3.8, 4) is 11.5 Å². The Labute approximate surface area is 165 Å². The maximum Gasteiger partial charge on any atom is 0.157 e. The fourth-order valence-corrected chi connectivity index (χ4v) is 3.90. The first kappa shape index (κ1) is 19.6. The molecular weight excluding hydrogens is 364 g/mol. The van der Waals surface area contributed by atoms with Gasteiger partial charge in [-0.05, 0) is 62.8 Å². The molecule has 1 aromatic rings. The van der Waals surface area contributed by atoms with Crippen LogP contribution in [-0.2, 0) is 0 Å². The van der Waals surface area contributed by atoms with Gasteiger partial charge in [0.25, 0.3) is 0 Å². The number of aromatic hydroxyl groups is 1. The van der Waals surface area contributed by atoms with Gasteiger partial charge in [0.1, 0.15) is 18.1 Å². The number of allylic oxidation sites excluding steroid dienone is 1. The maximum absolute atomic E-state index is 11.3. The molecule has 27 heavy (non-hydrogen) atoms. The van der Waals surface area contributed by atoms with Gasteiger partial charge in [0, 0.05) is 19.3 Å². The fraction of sp³-hybridized carbons (Fsp3) is 0.476. The third-order valence-corrected chi connectivity index (χ3v) is 5.49. The summed E-state index contributed by atoms with van der Waals surface area (Å²) in [4.78, 5) is 16.0. The number of phenols is 1. The predicted molar refractivity (Wildman–Crippen MR) is 107 cm³/mol. The van der Waals surface area contributed by atoms with Crippen LogP contribution in [0, 0.1) is 0 Å². The summed E-state index contributed by atoms with van der Waals surface area (Å²) in [6.07, 6.45) is 7.13. The molecule has 1 aliphatic heterocycles. The van der Waals surface area contributed by atoms with Crippen LogP contribution in [0.4, 0.5) is 0 Å². The highest BCUT2D eigenvalue weighted by Gasteiger charge is 2.27. The molecule has 0 bridgehead atoms. The standard InChI is InChI=1S/C21H27ClN2O3/c1-14(2)24-13-23(3)10-19(24)16-7-5-4-6-15(16)12-27-20-9-8-18(22)21(26)17(20)11-25/h8-11,14,26H,4-7,12-13H2,1-3H3. The number of halogens is 1. The molecule has 0 saturated carbocycles. The first-order valence-electron chi connectivity index (χ1n) is 9.41. The van der Waals surface area contributed by atoms with Gasteiger partial charge < -0.3 is 19.6 Å². The highest BCUT2D eigenvalue weighted by Crippen LogP contribution is 2.37. The SMILES string of the molecule is CC(C)N1CN(C)C=C1C1=C(COc2ccc(Cl)c(O)c2C=O)CCCC1. The minimum atomic E-state index is -0.229. The van der Waals surface area contributed by atoms with Gasteiger partial charge in [-0.3, -0.25) is 4.79 Å². The number of hydrogen-bond acceptors (Lipinski definition) is 5. The largest absolute Gasteiger partial charge is 0.505 e. The van der Waals surface area contributed by atoms with E-state index in [0.717, 1.165) is 25.9 Å². The molecular formula is C21H27ClN2O3. The van der Waals surface area contributed by atoms with Crippen LogP contribution in [0.5, 0.6) is 11.5 Å². The Morgan fingerprint density at radius 1 is 1.30 bits per heavy atom. The van der Waals surface area contributed by atoms with E-state index in [1.165, 1.54) is 23.3 Å². The highest BCUT2D eigenvalue weighted by atomic mass is 35.5. The van der Waals surface area contributed by atoms with E-state index in [1.54, 1.807) is 12.1 Å². The van der Waals surface area contributed by atoms with Crippen molar-refractivity contribution in [2.24, 2.45) is 0 Å². The molecule has 6 heteroatoms. The van der Waals surface area contributed by atoms with E-state index in [1.807, 2.05) is 0 Å². The number of benzene rings is 1. The van der Waals surface area contributed by atoms with Gasteiger partial charge in [0.2, 0.25) is 0 Å². The molecule has 0 unspecified atom stereocenters. The molecule has 0 spiro atoms. The molecule has 1 N–H and O–H groups in total. The van der Waals surface area contributed by atoms with Crippen molar-refractivity contribution in [1.82, 2.24) is 9.80 Å². The van der Waals surface area contributed by atoms with Gasteiger partial charge in [0.15, 0.2) is 6.29 Å². The van der Waals surface area contributed by atoms with Crippen molar-refractivity contribution < 1.29 is 14.6 Å². The van der Waals surface area contributed by atoms with Crippen LogP contribution in [0.1, 0.15) is 49.9 Å². The number of aldehydes is 1. The quantitative estimate of drug-likeness (QED) is 0.721. The van der Waals surface area contributed by atoms with Gasteiger partial charge in [0.05, 0.1) is 23.0 Å². The molecule has 1 heterocycles. The van der Waals surface area contributed by atoms with E-state index >= 15 is 0 Å². The normalized spacial score (nSPS) is 17.6. The fourth-order valence-electron chi connectivity index (χ4n) is 3.74. The van der Waals surface area contributed by atoms with Gasteiger partial charge >= 0.3 is 0 Å². The molecule has 0 fully saturated rings. The first-order chi connectivity index (χ1) is 12.9. The van der Waals surface area contributed by atoms with Gasteiger partial charge in [-0.25, -0.2) is 0 Å². The zero-order chi connectivity index (χ0) is 19.6. The summed E-state index contributed by atoms with van der Waals surface area (Å²) in [7, 11) is 2.09. The van der Waals surface area contributed by atoms with Gasteiger partial charge in [-0.15, -0.1) is 0 Å². The lowest BCUT2D eigenvalue weighted by Gasteiger charge is -2.31. The summed E-state index contributed by atoms with van der Waals surface area (Å²) in [5.74, 6) is 0.135. The van der Waals surface area contributed by atoms with Crippen LogP contribution in [0.15, 0.2) is 35.2 Å². The Hall–Kier alpha value is -2.14. The second kappa shape index (κ2) is 8.26. The number of rotatable bonds is 6. The zero-order valence-electron chi connectivity index (χ0n) is 16.2. The predicted octanol–water partition coefficient (Wildman–Crippen LogP) is 4.56. The summed E-state index contributed by atoms with van der Waals surface area (Å²) in [5, 5.41) is 10.1. The second-order valence-corrected chi connectivity index (χ2v) is 7.89. The van der Waals surface area contributed by atoms with Crippen molar-refractivity contribution >= 4 is 17.9 Å². The number of hydrogen-bond donors (Lipinski definition) is 1. The summed E-state index contributed by atoms with van der Waals surface area (Å²) < 4.78 is 5.95. The van der Waals surface area contributed by atoms with Crippen LogP contribution in [0.3, 0.4) is 0 Å². The smallest absolute Gasteiger partial charge is 0.157 e. The highest BCUT2D eigenvalue weighted by molar-refractivity contribution is 6.32. The monoisotopic (exact) mass is 390 g/mol. The van der Waals surface area contributed by atoms with Gasteiger partial charge in [-0.2, -0.15) is 0 Å². The molecule has 0 aromatic heterocycles. The number of carbonyl (C=O) groups excluding carboxylic acids is 1. The molecule has 3 rings (SSSR count). The lowest BCUT2D eigenvalue weighted by atomic mass is 9.89. The third-order valence-electron chi connectivity index (χ3n) is 5.19. The topological polar surface area (TPSA) is 53.0 Å². The Bertz CT molecular complexity index is 786. The molecule has 1 aromatic carbocycles. The molecule has 0 saturated heterocycles. The van der Waals surface area contributed by atoms with E-state index < -0.39 is 0 Å². The van der Waals surface area contributed by atoms with Crippen molar-refractivity contribution in [2.75, 3.05) is 20.3 Å². The van der Waals surface area contributed by atoms with Crippen LogP contribution in [0.2, 0.25) is 5.02 Å². The average molecular weight is 391 g/mol. The molecule has 146 valence electrons. The summed E-state index contributed by atoms with van der Waals surface area (Å²) in [6, 6.07) is 3.61. The number of phenolic OH excluding ortho intramolecular Hbond substituents is 1. The average Bonchev–Trinajstić information content (AvgIpc) is 3.05. The van der Waals surface area contributed by atoms with Gasteiger partial charge in [-0.1, -0.05) is 11.6 Å².